The topological polar surface area (TPSA) is 61.8 Å². The predicted molar refractivity (Wildman–Crippen MR) is 136 cm³/mol. The average Bonchev–Trinajstić information content (AvgIpc) is 2.73. The molecule has 0 bridgehead atoms. The van der Waals surface area contributed by atoms with Gasteiger partial charge < -0.3 is 14.9 Å². The molecule has 182 valence electrons. The Morgan fingerprint density at radius 1 is 1.12 bits per heavy atom. The third kappa shape index (κ3) is 8.11. The van der Waals surface area contributed by atoms with E-state index >= 15 is 0 Å². The van der Waals surface area contributed by atoms with E-state index in [1.54, 1.807) is 6.08 Å². The van der Waals surface area contributed by atoms with Crippen molar-refractivity contribution in [2.24, 2.45) is 10.8 Å². The molecule has 0 amide bonds. The Kier molecular flexibility index (Phi) is 9.75. The SMILES string of the molecule is COP(=O)([C@H](O)/C=C/c1ccccc1)N(CC(C)(C)C)[C@@H]1CCCC[C@H]1NCC(C)(C)C. The highest BCUT2D eigenvalue weighted by molar-refractivity contribution is 7.57. The molecule has 0 saturated heterocycles. The molecule has 4 atom stereocenters. The molecule has 1 saturated carbocycles. The first-order chi connectivity index (χ1) is 14.9. The first-order valence-corrected chi connectivity index (χ1v) is 13.6. The molecule has 0 aliphatic heterocycles. The van der Waals surface area contributed by atoms with Crippen molar-refractivity contribution in [2.75, 3.05) is 20.2 Å². The molecule has 1 unspecified atom stereocenters. The molecule has 1 aromatic carbocycles. The van der Waals surface area contributed by atoms with E-state index in [0.29, 0.717) is 6.54 Å². The summed E-state index contributed by atoms with van der Waals surface area (Å²) in [5, 5.41) is 14.9. The summed E-state index contributed by atoms with van der Waals surface area (Å²) in [4.78, 5) is 0. The zero-order valence-electron chi connectivity index (χ0n) is 21.2. The molecule has 0 aromatic heterocycles. The number of aliphatic hydroxyl groups excluding tert-OH is 1. The van der Waals surface area contributed by atoms with Gasteiger partial charge in [0, 0.05) is 32.3 Å². The number of hydrogen-bond acceptors (Lipinski definition) is 4. The van der Waals surface area contributed by atoms with E-state index in [-0.39, 0.29) is 22.9 Å². The van der Waals surface area contributed by atoms with Crippen LogP contribution in [0.25, 0.3) is 6.08 Å². The van der Waals surface area contributed by atoms with Crippen molar-refractivity contribution in [1.82, 2.24) is 9.99 Å². The average molecular weight is 465 g/mol. The van der Waals surface area contributed by atoms with Crippen LogP contribution in [0.5, 0.6) is 0 Å². The van der Waals surface area contributed by atoms with Crippen LogP contribution in [0, 0.1) is 10.8 Å². The zero-order chi connectivity index (χ0) is 24.0. The lowest BCUT2D eigenvalue weighted by molar-refractivity contribution is 0.122. The second-order valence-corrected chi connectivity index (χ2v) is 14.0. The van der Waals surface area contributed by atoms with Gasteiger partial charge in [-0.15, -0.1) is 0 Å². The smallest absolute Gasteiger partial charge is 0.304 e. The number of rotatable bonds is 9. The van der Waals surface area contributed by atoms with Gasteiger partial charge in [0.1, 0.15) is 0 Å². The monoisotopic (exact) mass is 464 g/mol. The molecule has 1 aliphatic carbocycles. The maximum absolute atomic E-state index is 14.3. The van der Waals surface area contributed by atoms with Crippen LogP contribution in [0.3, 0.4) is 0 Å². The van der Waals surface area contributed by atoms with Gasteiger partial charge in [-0.1, -0.05) is 90.8 Å². The largest absolute Gasteiger partial charge is 0.377 e. The Bertz CT molecular complexity index is 768. The number of aliphatic hydroxyl groups is 1. The van der Waals surface area contributed by atoms with Gasteiger partial charge in [0.25, 0.3) is 0 Å². The van der Waals surface area contributed by atoms with Gasteiger partial charge in [0.05, 0.1) is 0 Å². The van der Waals surface area contributed by atoms with Crippen molar-refractivity contribution in [3.63, 3.8) is 0 Å². The Morgan fingerprint density at radius 3 is 2.31 bits per heavy atom. The molecule has 1 aromatic rings. The minimum Gasteiger partial charge on any atom is -0.377 e. The first-order valence-electron chi connectivity index (χ1n) is 11.9. The number of nitrogens with zero attached hydrogens (tertiary/aromatic N) is 1. The van der Waals surface area contributed by atoms with Gasteiger partial charge in [0.2, 0.25) is 0 Å². The summed E-state index contributed by atoms with van der Waals surface area (Å²) in [6, 6.07) is 10.0. The van der Waals surface area contributed by atoms with Crippen LogP contribution < -0.4 is 5.32 Å². The summed E-state index contributed by atoms with van der Waals surface area (Å²) in [6.07, 6.45) is 7.69. The number of benzene rings is 1. The van der Waals surface area contributed by atoms with Crippen LogP contribution in [0.4, 0.5) is 0 Å². The van der Waals surface area contributed by atoms with Crippen molar-refractivity contribution in [2.45, 2.75) is 85.2 Å². The third-order valence-electron chi connectivity index (χ3n) is 5.86. The predicted octanol–water partition coefficient (Wildman–Crippen LogP) is 6.15. The lowest BCUT2D eigenvalue weighted by atomic mass is 9.87. The van der Waals surface area contributed by atoms with Crippen molar-refractivity contribution in [3.8, 4) is 0 Å². The van der Waals surface area contributed by atoms with Crippen molar-refractivity contribution < 1.29 is 14.2 Å². The second-order valence-electron chi connectivity index (χ2n) is 11.5. The highest BCUT2D eigenvalue weighted by Crippen LogP contribution is 2.57. The number of hydrogen-bond donors (Lipinski definition) is 2. The molecule has 2 N–H and O–H groups in total. The molecule has 5 nitrogen and oxygen atoms in total. The van der Waals surface area contributed by atoms with Gasteiger partial charge in [-0.25, -0.2) is 4.67 Å². The Hall–Kier alpha value is -0.970. The van der Waals surface area contributed by atoms with E-state index < -0.39 is 13.4 Å². The maximum atomic E-state index is 14.3. The number of nitrogens with one attached hydrogen (secondary N) is 1. The minimum atomic E-state index is -3.54. The van der Waals surface area contributed by atoms with E-state index in [4.69, 9.17) is 4.52 Å². The highest BCUT2D eigenvalue weighted by Gasteiger charge is 2.45. The normalized spacial score (nSPS) is 23.4. The van der Waals surface area contributed by atoms with E-state index in [0.717, 1.165) is 37.8 Å². The standard InChI is InChI=1S/C26H45N2O3P/c1-25(2,3)19-27-22-15-11-12-16-23(22)28(20-26(4,5)6)32(30,31-7)24(29)18-17-21-13-9-8-10-14-21/h8-10,13-14,17-18,22-24,27,29H,11-12,15-16,19-20H2,1-7H3/b18-17+/t22-,23-,24+,32?/m1/s1. The zero-order valence-corrected chi connectivity index (χ0v) is 22.1. The van der Waals surface area contributed by atoms with E-state index in [1.165, 1.54) is 7.11 Å². The Labute approximate surface area is 196 Å². The Balaban J connectivity index is 2.36. The summed E-state index contributed by atoms with van der Waals surface area (Å²) in [7, 11) is -2.07. The lowest BCUT2D eigenvalue weighted by Crippen LogP contribution is -2.54. The summed E-state index contributed by atoms with van der Waals surface area (Å²) in [6.45, 7) is 14.6. The van der Waals surface area contributed by atoms with Gasteiger partial charge in [-0.05, 0) is 35.3 Å². The second kappa shape index (κ2) is 11.4. The Morgan fingerprint density at radius 2 is 1.75 bits per heavy atom. The summed E-state index contributed by atoms with van der Waals surface area (Å²) in [5.74, 6) is -1.19. The fourth-order valence-corrected chi connectivity index (χ4v) is 6.63. The molecule has 2 rings (SSSR count). The van der Waals surface area contributed by atoms with Crippen LogP contribution in [-0.4, -0.2) is 47.9 Å². The van der Waals surface area contributed by atoms with E-state index in [1.807, 2.05) is 41.1 Å². The van der Waals surface area contributed by atoms with Gasteiger partial charge in [-0.2, -0.15) is 0 Å². The molecule has 0 radical (unpaired) electrons. The van der Waals surface area contributed by atoms with Crippen LogP contribution in [0.1, 0.15) is 72.8 Å². The summed E-state index contributed by atoms with van der Waals surface area (Å²) < 4.78 is 22.0. The summed E-state index contributed by atoms with van der Waals surface area (Å²) >= 11 is 0. The molecule has 1 aliphatic rings. The van der Waals surface area contributed by atoms with E-state index in [2.05, 4.69) is 46.9 Å². The first kappa shape index (κ1) is 27.3. The quantitative estimate of drug-likeness (QED) is 0.429. The van der Waals surface area contributed by atoms with Crippen LogP contribution in [0.2, 0.25) is 0 Å². The van der Waals surface area contributed by atoms with E-state index in [9.17, 15) is 9.67 Å². The molecule has 32 heavy (non-hydrogen) atoms. The molecule has 6 heteroatoms. The molecular formula is C26H45N2O3P. The molecule has 0 spiro atoms. The molecule has 1 fully saturated rings. The maximum Gasteiger partial charge on any atom is 0.304 e. The fraction of sp³-hybridized carbons (Fsp3) is 0.692. The highest BCUT2D eigenvalue weighted by atomic mass is 31.2. The third-order valence-corrected chi connectivity index (χ3v) is 8.38. The lowest BCUT2D eigenvalue weighted by Gasteiger charge is -2.46. The fourth-order valence-electron chi connectivity index (χ4n) is 4.29. The minimum absolute atomic E-state index is 0.0517. The van der Waals surface area contributed by atoms with Crippen LogP contribution >= 0.6 is 7.52 Å². The van der Waals surface area contributed by atoms with Crippen molar-refractivity contribution in [1.29, 1.82) is 0 Å². The summed E-state index contributed by atoms with van der Waals surface area (Å²) in [5.41, 5.74) is 1.03. The van der Waals surface area contributed by atoms with Crippen LogP contribution in [0.15, 0.2) is 36.4 Å². The molecular weight excluding hydrogens is 419 g/mol. The van der Waals surface area contributed by atoms with Gasteiger partial charge in [-0.3, -0.25) is 4.57 Å². The van der Waals surface area contributed by atoms with Gasteiger partial charge in [0.15, 0.2) is 5.85 Å². The van der Waals surface area contributed by atoms with Crippen molar-refractivity contribution in [3.05, 3.63) is 42.0 Å². The molecule has 0 heterocycles. The van der Waals surface area contributed by atoms with Gasteiger partial charge >= 0.3 is 7.52 Å². The van der Waals surface area contributed by atoms with Crippen LogP contribution in [-0.2, 0) is 9.09 Å². The van der Waals surface area contributed by atoms with Crippen molar-refractivity contribution >= 4 is 13.6 Å².